The fraction of sp³-hybridized carbons (Fsp3) is 0.200. The molecule has 0 amide bonds. The van der Waals surface area contributed by atoms with Crippen LogP contribution in [-0.2, 0) is 14.4 Å². The number of aromatic hydroxyl groups is 1. The number of phenolic OH excluding ortho intramolecular Hbond substituents is 1. The van der Waals surface area contributed by atoms with Crippen molar-refractivity contribution >= 4 is 28.1 Å². The molecule has 0 aromatic heterocycles. The largest absolute Gasteiger partial charge is 0.507 e. The lowest BCUT2D eigenvalue weighted by molar-refractivity contribution is -0.145. The molecule has 1 aromatic carbocycles. The Morgan fingerprint density at radius 2 is 2.38 bits per heavy atom. The predicted octanol–water partition coefficient (Wildman–Crippen LogP) is 1.68. The van der Waals surface area contributed by atoms with E-state index in [1.807, 2.05) is 0 Å². The summed E-state index contributed by atoms with van der Waals surface area (Å²) in [6.07, 6.45) is 1.31. The van der Waals surface area contributed by atoms with E-state index in [0.717, 1.165) is 4.47 Å². The lowest BCUT2D eigenvalue weighted by Crippen LogP contribution is -2.07. The van der Waals surface area contributed by atoms with Crippen molar-refractivity contribution in [1.82, 2.24) is 0 Å². The maximum Gasteiger partial charge on any atom is 0.346 e. The molecule has 0 heterocycles. The second-order valence-electron chi connectivity index (χ2n) is 2.79. The smallest absolute Gasteiger partial charge is 0.346 e. The average Bonchev–Trinajstić information content (AvgIpc) is 2.28. The Morgan fingerprint density at radius 3 is 3.06 bits per heavy atom. The number of ether oxygens (including phenoxy) is 1. The van der Waals surface area contributed by atoms with Crippen molar-refractivity contribution in [3.8, 4) is 5.75 Å². The Balaban J connectivity index is 2.56. The zero-order valence-electron chi connectivity index (χ0n) is 8.51. The first-order valence-electron chi connectivity index (χ1n) is 4.34. The highest BCUT2D eigenvalue weighted by atomic mass is 79.9. The number of methoxy groups -OCH3 is 1. The van der Waals surface area contributed by atoms with Crippen molar-refractivity contribution < 1.29 is 19.5 Å². The molecule has 0 atom stereocenters. The summed E-state index contributed by atoms with van der Waals surface area (Å²) in [5, 5.41) is 13.0. The molecule has 0 radical (unpaired) electrons. The van der Waals surface area contributed by atoms with Gasteiger partial charge in [-0.25, -0.2) is 4.79 Å². The molecule has 6 heteroatoms. The molecule has 1 aromatic rings. The van der Waals surface area contributed by atoms with Gasteiger partial charge in [-0.3, -0.25) is 0 Å². The molecular weight excluding hydrogens is 278 g/mol. The van der Waals surface area contributed by atoms with Crippen LogP contribution in [0.5, 0.6) is 5.75 Å². The summed E-state index contributed by atoms with van der Waals surface area (Å²) < 4.78 is 5.16. The van der Waals surface area contributed by atoms with Crippen molar-refractivity contribution in [2.75, 3.05) is 13.7 Å². The molecule has 16 heavy (non-hydrogen) atoms. The van der Waals surface area contributed by atoms with Gasteiger partial charge in [0.25, 0.3) is 0 Å². The van der Waals surface area contributed by atoms with Gasteiger partial charge in [-0.2, -0.15) is 0 Å². The van der Waals surface area contributed by atoms with E-state index in [0.29, 0.717) is 5.56 Å². The first-order valence-corrected chi connectivity index (χ1v) is 5.13. The van der Waals surface area contributed by atoms with Crippen LogP contribution in [0, 0.1) is 0 Å². The summed E-state index contributed by atoms with van der Waals surface area (Å²) in [5.41, 5.74) is 0.485. The van der Waals surface area contributed by atoms with Crippen molar-refractivity contribution in [2.24, 2.45) is 5.16 Å². The van der Waals surface area contributed by atoms with E-state index in [9.17, 15) is 9.90 Å². The van der Waals surface area contributed by atoms with E-state index in [4.69, 9.17) is 0 Å². The first-order chi connectivity index (χ1) is 7.63. The molecule has 0 aliphatic heterocycles. The molecule has 0 aliphatic carbocycles. The molecule has 1 N–H and O–H groups in total. The Bertz CT molecular complexity index is 406. The van der Waals surface area contributed by atoms with Gasteiger partial charge in [-0.05, 0) is 18.2 Å². The summed E-state index contributed by atoms with van der Waals surface area (Å²) in [5.74, 6) is -0.441. The third kappa shape index (κ3) is 3.90. The lowest BCUT2D eigenvalue weighted by atomic mass is 10.2. The third-order valence-electron chi connectivity index (χ3n) is 1.67. The first kappa shape index (κ1) is 12.5. The quantitative estimate of drug-likeness (QED) is 0.520. The zero-order chi connectivity index (χ0) is 12.0. The molecule has 0 saturated carbocycles. The van der Waals surface area contributed by atoms with Gasteiger partial charge in [0.05, 0.1) is 13.3 Å². The molecule has 0 saturated heterocycles. The van der Waals surface area contributed by atoms with Crippen molar-refractivity contribution in [2.45, 2.75) is 0 Å². The summed E-state index contributed by atoms with van der Waals surface area (Å²) in [7, 11) is 1.26. The number of rotatable bonds is 4. The number of phenols is 1. The second-order valence-corrected chi connectivity index (χ2v) is 3.70. The van der Waals surface area contributed by atoms with Gasteiger partial charge in [0.1, 0.15) is 5.75 Å². The summed E-state index contributed by atoms with van der Waals surface area (Å²) in [6, 6.07) is 4.88. The molecular formula is C10H10BrNO4. The number of nitrogens with zero attached hydrogens (tertiary/aromatic N) is 1. The Morgan fingerprint density at radius 1 is 1.62 bits per heavy atom. The van der Waals surface area contributed by atoms with Crippen LogP contribution >= 0.6 is 15.9 Å². The predicted molar refractivity (Wildman–Crippen MR) is 61.4 cm³/mol. The summed E-state index contributed by atoms with van der Waals surface area (Å²) >= 11 is 3.25. The molecule has 0 fully saturated rings. The summed E-state index contributed by atoms with van der Waals surface area (Å²) in [6.45, 7) is -0.262. The minimum atomic E-state index is -0.518. The van der Waals surface area contributed by atoms with Crippen molar-refractivity contribution in [3.05, 3.63) is 28.2 Å². The van der Waals surface area contributed by atoms with E-state index in [1.54, 1.807) is 12.1 Å². The molecule has 0 unspecified atom stereocenters. The van der Waals surface area contributed by atoms with E-state index >= 15 is 0 Å². The highest BCUT2D eigenvalue weighted by Crippen LogP contribution is 2.19. The van der Waals surface area contributed by atoms with Crippen molar-refractivity contribution in [3.63, 3.8) is 0 Å². The highest BCUT2D eigenvalue weighted by molar-refractivity contribution is 9.10. The van der Waals surface area contributed by atoms with Crippen LogP contribution in [0.2, 0.25) is 0 Å². The van der Waals surface area contributed by atoms with Gasteiger partial charge in [0, 0.05) is 10.0 Å². The van der Waals surface area contributed by atoms with E-state index in [-0.39, 0.29) is 12.4 Å². The number of halogens is 1. The average molecular weight is 288 g/mol. The Labute approximate surface area is 101 Å². The molecule has 0 aliphatic rings. The highest BCUT2D eigenvalue weighted by Gasteiger charge is 2.00. The normalized spacial score (nSPS) is 10.4. The van der Waals surface area contributed by atoms with Crippen LogP contribution in [0.25, 0.3) is 0 Å². The van der Waals surface area contributed by atoms with Gasteiger partial charge in [0.2, 0.25) is 6.61 Å². The fourth-order valence-electron chi connectivity index (χ4n) is 0.872. The summed E-state index contributed by atoms with van der Waals surface area (Å²) in [4.78, 5) is 15.3. The number of carbonyl (C=O) groups is 1. The van der Waals surface area contributed by atoms with Crippen LogP contribution in [0.1, 0.15) is 5.56 Å². The SMILES string of the molecule is COC(=O)CO/N=C/c1cc(Br)ccc1O. The number of hydrogen-bond acceptors (Lipinski definition) is 5. The van der Waals surface area contributed by atoms with E-state index < -0.39 is 5.97 Å². The number of benzene rings is 1. The van der Waals surface area contributed by atoms with Crippen molar-refractivity contribution in [1.29, 1.82) is 0 Å². The molecule has 0 bridgehead atoms. The number of carbonyl (C=O) groups excluding carboxylic acids is 1. The zero-order valence-corrected chi connectivity index (χ0v) is 10.1. The minimum Gasteiger partial charge on any atom is -0.507 e. The van der Waals surface area contributed by atoms with E-state index in [1.165, 1.54) is 19.4 Å². The molecule has 1 rings (SSSR count). The molecule has 5 nitrogen and oxygen atoms in total. The number of esters is 1. The van der Waals surface area contributed by atoms with E-state index in [2.05, 4.69) is 30.7 Å². The van der Waals surface area contributed by atoms with Crippen LogP contribution in [-0.4, -0.2) is 31.0 Å². The van der Waals surface area contributed by atoms with Gasteiger partial charge in [-0.15, -0.1) is 0 Å². The second kappa shape index (κ2) is 6.12. The molecule has 86 valence electrons. The maximum absolute atomic E-state index is 10.7. The molecule has 0 spiro atoms. The van der Waals surface area contributed by atoms with Crippen LogP contribution < -0.4 is 0 Å². The lowest BCUT2D eigenvalue weighted by Gasteiger charge is -1.99. The van der Waals surface area contributed by atoms with Crippen LogP contribution in [0.4, 0.5) is 0 Å². The fourth-order valence-corrected chi connectivity index (χ4v) is 1.25. The Hall–Kier alpha value is -1.56. The third-order valence-corrected chi connectivity index (χ3v) is 2.16. The number of hydrogen-bond donors (Lipinski definition) is 1. The van der Waals surface area contributed by atoms with Gasteiger partial charge in [-0.1, -0.05) is 21.1 Å². The number of oxime groups is 1. The topological polar surface area (TPSA) is 68.1 Å². The standard InChI is InChI=1S/C10H10BrNO4/c1-15-10(14)6-16-12-5-7-4-8(11)2-3-9(7)13/h2-5,13H,6H2,1H3/b12-5+. The van der Waals surface area contributed by atoms with Gasteiger partial charge in [0.15, 0.2) is 0 Å². The monoisotopic (exact) mass is 287 g/mol. The van der Waals surface area contributed by atoms with Gasteiger partial charge < -0.3 is 14.7 Å². The minimum absolute atomic E-state index is 0.0774. The van der Waals surface area contributed by atoms with Gasteiger partial charge >= 0.3 is 5.97 Å². The van der Waals surface area contributed by atoms with Crippen LogP contribution in [0.15, 0.2) is 27.8 Å². The Kier molecular flexibility index (Phi) is 4.78. The van der Waals surface area contributed by atoms with Crippen LogP contribution in [0.3, 0.4) is 0 Å². The maximum atomic E-state index is 10.7.